The molecular weight excluding hydrogens is 170 g/mol. The first-order chi connectivity index (χ1) is 5.86. The molecule has 0 bridgehead atoms. The highest BCUT2D eigenvalue weighted by Crippen LogP contribution is 2.15. The average Bonchev–Trinajstić information content (AvgIpc) is 2.33. The highest BCUT2D eigenvalue weighted by molar-refractivity contribution is 7.10. The minimum atomic E-state index is 0.589. The zero-order valence-corrected chi connectivity index (χ0v) is 7.99. The molecule has 1 aliphatic heterocycles. The Bertz CT molecular complexity index is 255. The van der Waals surface area contributed by atoms with E-state index in [9.17, 15) is 0 Å². The Kier molecular flexibility index (Phi) is 2.44. The molecule has 0 spiro atoms. The Hall–Kier alpha value is -0.380. The lowest BCUT2D eigenvalue weighted by Crippen LogP contribution is -2.45. The maximum absolute atomic E-state index is 5.08. The van der Waals surface area contributed by atoms with E-state index in [-0.39, 0.29) is 0 Å². The first-order valence-corrected chi connectivity index (χ1v) is 5.08. The third-order valence-electron chi connectivity index (χ3n) is 2.16. The molecule has 1 aromatic heterocycles. The van der Waals surface area contributed by atoms with E-state index in [1.165, 1.54) is 10.4 Å². The summed E-state index contributed by atoms with van der Waals surface area (Å²) < 4.78 is 5.08. The van der Waals surface area contributed by atoms with Gasteiger partial charge < -0.3 is 10.1 Å². The van der Waals surface area contributed by atoms with Crippen molar-refractivity contribution in [2.24, 2.45) is 0 Å². The van der Waals surface area contributed by atoms with Crippen LogP contribution >= 0.6 is 11.3 Å². The zero-order chi connectivity index (χ0) is 8.39. The first-order valence-electron chi connectivity index (χ1n) is 4.20. The summed E-state index contributed by atoms with van der Waals surface area (Å²) in [4.78, 5) is 1.45. The quantitative estimate of drug-likeness (QED) is 0.767. The number of thiophene rings is 1. The highest BCUT2D eigenvalue weighted by atomic mass is 32.1. The molecule has 0 atom stereocenters. The second kappa shape index (κ2) is 3.56. The largest absolute Gasteiger partial charge is 0.378 e. The van der Waals surface area contributed by atoms with Crippen molar-refractivity contribution in [2.45, 2.75) is 19.5 Å². The van der Waals surface area contributed by atoms with Gasteiger partial charge in [-0.25, -0.2) is 0 Å². The summed E-state index contributed by atoms with van der Waals surface area (Å²) in [6.45, 7) is 4.91. The van der Waals surface area contributed by atoms with Crippen LogP contribution in [0.5, 0.6) is 0 Å². The van der Waals surface area contributed by atoms with Gasteiger partial charge in [0, 0.05) is 11.4 Å². The van der Waals surface area contributed by atoms with Crippen molar-refractivity contribution in [3.8, 4) is 0 Å². The fourth-order valence-corrected chi connectivity index (χ4v) is 2.03. The lowest BCUT2D eigenvalue weighted by molar-refractivity contribution is -0.00569. The minimum absolute atomic E-state index is 0.589. The number of aryl methyl sites for hydroxylation is 1. The standard InChI is InChI=1S/C9H13NOS/c1-7-2-3-12-9(7)4-10-8-5-11-6-8/h2-3,8,10H,4-6H2,1H3. The van der Waals surface area contributed by atoms with Crippen molar-refractivity contribution in [3.63, 3.8) is 0 Å². The van der Waals surface area contributed by atoms with Crippen LogP contribution in [0.25, 0.3) is 0 Å². The van der Waals surface area contributed by atoms with Crippen LogP contribution in [0.3, 0.4) is 0 Å². The highest BCUT2D eigenvalue weighted by Gasteiger charge is 2.17. The maximum Gasteiger partial charge on any atom is 0.0643 e. The molecule has 0 saturated carbocycles. The number of hydrogen-bond acceptors (Lipinski definition) is 3. The van der Waals surface area contributed by atoms with Gasteiger partial charge in [0.25, 0.3) is 0 Å². The molecule has 3 heteroatoms. The molecule has 12 heavy (non-hydrogen) atoms. The Morgan fingerprint density at radius 1 is 1.67 bits per heavy atom. The number of nitrogens with one attached hydrogen (secondary N) is 1. The smallest absolute Gasteiger partial charge is 0.0643 e. The molecule has 1 fully saturated rings. The van der Waals surface area contributed by atoms with Gasteiger partial charge in [-0.2, -0.15) is 0 Å². The third kappa shape index (κ3) is 1.68. The van der Waals surface area contributed by atoms with E-state index in [2.05, 4.69) is 23.7 Å². The van der Waals surface area contributed by atoms with Gasteiger partial charge in [-0.05, 0) is 23.9 Å². The monoisotopic (exact) mass is 183 g/mol. The summed E-state index contributed by atoms with van der Waals surface area (Å²) in [6.07, 6.45) is 0. The normalized spacial score (nSPS) is 17.8. The lowest BCUT2D eigenvalue weighted by Gasteiger charge is -2.26. The molecule has 66 valence electrons. The molecule has 1 N–H and O–H groups in total. The molecule has 0 radical (unpaired) electrons. The van der Waals surface area contributed by atoms with E-state index < -0.39 is 0 Å². The average molecular weight is 183 g/mol. The topological polar surface area (TPSA) is 21.3 Å². The van der Waals surface area contributed by atoms with Gasteiger partial charge >= 0.3 is 0 Å². The van der Waals surface area contributed by atoms with Crippen molar-refractivity contribution < 1.29 is 4.74 Å². The predicted octanol–water partition coefficient (Wildman–Crippen LogP) is 1.54. The van der Waals surface area contributed by atoms with Crippen LogP contribution in [0.1, 0.15) is 10.4 Å². The zero-order valence-electron chi connectivity index (χ0n) is 7.17. The molecule has 0 aromatic carbocycles. The number of ether oxygens (including phenoxy) is 1. The van der Waals surface area contributed by atoms with Crippen LogP contribution in [0.2, 0.25) is 0 Å². The summed E-state index contributed by atoms with van der Waals surface area (Å²) in [7, 11) is 0. The van der Waals surface area contributed by atoms with Crippen LogP contribution in [0, 0.1) is 6.92 Å². The summed E-state index contributed by atoms with van der Waals surface area (Å²) in [6, 6.07) is 2.75. The molecular formula is C9H13NOS. The second-order valence-electron chi connectivity index (χ2n) is 3.14. The fourth-order valence-electron chi connectivity index (χ4n) is 1.18. The second-order valence-corrected chi connectivity index (χ2v) is 4.14. The van der Waals surface area contributed by atoms with Crippen molar-refractivity contribution >= 4 is 11.3 Å². The Labute approximate surface area is 76.6 Å². The molecule has 2 rings (SSSR count). The van der Waals surface area contributed by atoms with Crippen LogP contribution in [-0.4, -0.2) is 19.3 Å². The van der Waals surface area contributed by atoms with Crippen molar-refractivity contribution in [1.29, 1.82) is 0 Å². The van der Waals surface area contributed by atoms with E-state index in [0.717, 1.165) is 19.8 Å². The Morgan fingerprint density at radius 3 is 3.00 bits per heavy atom. The summed E-state index contributed by atoms with van der Waals surface area (Å²) >= 11 is 1.82. The Balaban J connectivity index is 1.82. The van der Waals surface area contributed by atoms with Gasteiger partial charge in [0.1, 0.15) is 0 Å². The number of rotatable bonds is 3. The maximum atomic E-state index is 5.08. The summed E-state index contributed by atoms with van der Waals surface area (Å²) in [5.74, 6) is 0. The molecule has 0 amide bonds. The molecule has 2 nitrogen and oxygen atoms in total. The summed E-state index contributed by atoms with van der Waals surface area (Å²) in [5, 5.41) is 5.59. The van der Waals surface area contributed by atoms with Crippen molar-refractivity contribution in [1.82, 2.24) is 5.32 Å². The van der Waals surface area contributed by atoms with E-state index in [1.54, 1.807) is 0 Å². The van der Waals surface area contributed by atoms with Crippen LogP contribution < -0.4 is 5.32 Å². The minimum Gasteiger partial charge on any atom is -0.378 e. The molecule has 1 aliphatic rings. The van der Waals surface area contributed by atoms with E-state index >= 15 is 0 Å². The molecule has 2 heterocycles. The molecule has 0 aliphatic carbocycles. The van der Waals surface area contributed by atoms with Gasteiger partial charge in [-0.15, -0.1) is 11.3 Å². The fraction of sp³-hybridized carbons (Fsp3) is 0.556. The molecule has 0 unspecified atom stereocenters. The van der Waals surface area contributed by atoms with Gasteiger partial charge in [0.2, 0.25) is 0 Å². The van der Waals surface area contributed by atoms with E-state index in [1.807, 2.05) is 11.3 Å². The van der Waals surface area contributed by atoms with Gasteiger partial charge in [0.05, 0.1) is 19.3 Å². The summed E-state index contributed by atoms with van der Waals surface area (Å²) in [5.41, 5.74) is 1.40. The van der Waals surface area contributed by atoms with Crippen molar-refractivity contribution in [2.75, 3.05) is 13.2 Å². The number of hydrogen-bond donors (Lipinski definition) is 1. The Morgan fingerprint density at radius 2 is 2.50 bits per heavy atom. The lowest BCUT2D eigenvalue weighted by atomic mass is 10.2. The van der Waals surface area contributed by atoms with E-state index in [4.69, 9.17) is 4.74 Å². The van der Waals surface area contributed by atoms with Crippen LogP contribution in [0.15, 0.2) is 11.4 Å². The third-order valence-corrected chi connectivity index (χ3v) is 3.18. The van der Waals surface area contributed by atoms with Crippen molar-refractivity contribution in [3.05, 3.63) is 21.9 Å². The van der Waals surface area contributed by atoms with Gasteiger partial charge in [-0.1, -0.05) is 0 Å². The first kappa shape index (κ1) is 8.23. The SMILES string of the molecule is Cc1ccsc1CNC1COC1. The van der Waals surface area contributed by atoms with E-state index in [0.29, 0.717) is 6.04 Å². The molecule has 1 aromatic rings. The molecule has 1 saturated heterocycles. The van der Waals surface area contributed by atoms with Crippen LogP contribution in [0.4, 0.5) is 0 Å². The predicted molar refractivity (Wildman–Crippen MR) is 50.5 cm³/mol. The van der Waals surface area contributed by atoms with Gasteiger partial charge in [0.15, 0.2) is 0 Å². The van der Waals surface area contributed by atoms with Crippen LogP contribution in [-0.2, 0) is 11.3 Å². The van der Waals surface area contributed by atoms with Gasteiger partial charge in [-0.3, -0.25) is 0 Å².